The monoisotopic (exact) mass is 394 g/mol. The third-order valence-electron chi connectivity index (χ3n) is 4.49. The van der Waals surface area contributed by atoms with Crippen LogP contribution >= 0.6 is 0 Å². The van der Waals surface area contributed by atoms with Gasteiger partial charge in [-0.15, -0.1) is 0 Å². The molecule has 0 atom stereocenters. The summed E-state index contributed by atoms with van der Waals surface area (Å²) in [4.78, 5) is 4.68. The molecule has 0 amide bonds. The highest BCUT2D eigenvalue weighted by molar-refractivity contribution is 5.76. The van der Waals surface area contributed by atoms with E-state index in [1.165, 1.54) is 12.1 Å². The van der Waals surface area contributed by atoms with Crippen LogP contribution in [0.5, 0.6) is 5.75 Å². The van der Waals surface area contributed by atoms with Gasteiger partial charge < -0.3 is 15.2 Å². The van der Waals surface area contributed by atoms with Crippen LogP contribution in [0, 0.1) is 12.7 Å². The molecule has 0 spiro atoms. The Labute approximate surface area is 171 Å². The molecule has 0 aliphatic heterocycles. The number of hydrogen-bond acceptors (Lipinski definition) is 4. The Morgan fingerprint density at radius 1 is 1.07 bits per heavy atom. The minimum absolute atomic E-state index is 0.163. The normalized spacial score (nSPS) is 11.1. The van der Waals surface area contributed by atoms with Gasteiger partial charge in [0.2, 0.25) is 0 Å². The molecule has 1 heterocycles. The Hall–Kier alpha value is -2.92. The van der Waals surface area contributed by atoms with Gasteiger partial charge in [0.25, 0.3) is 0 Å². The van der Waals surface area contributed by atoms with E-state index in [1.54, 1.807) is 12.1 Å². The minimum Gasteiger partial charge on any atom is -0.507 e. The number of phenolic OH excluding ortho intramolecular Hbond substituents is 1. The van der Waals surface area contributed by atoms with Gasteiger partial charge >= 0.3 is 0 Å². The van der Waals surface area contributed by atoms with Crippen LogP contribution in [-0.4, -0.2) is 29.3 Å². The molecule has 0 bridgehead atoms. The number of ether oxygens (including phenoxy) is 1. The first-order chi connectivity index (χ1) is 13.9. The first-order valence-corrected chi connectivity index (χ1v) is 9.86. The topological polar surface area (TPSA) is 54.4 Å². The lowest BCUT2D eigenvalue weighted by Crippen LogP contribution is -2.10. The molecule has 0 saturated carbocycles. The molecule has 0 fully saturated rings. The number of phenols is 1. The Morgan fingerprint density at radius 2 is 1.90 bits per heavy atom. The highest BCUT2D eigenvalue weighted by Crippen LogP contribution is 2.33. The number of nitrogens with one attached hydrogen (secondary N) is 1. The van der Waals surface area contributed by atoms with Crippen LogP contribution in [0.4, 0.5) is 10.2 Å². The highest BCUT2D eigenvalue weighted by atomic mass is 19.1. The zero-order valence-corrected chi connectivity index (χ0v) is 17.1. The van der Waals surface area contributed by atoms with Gasteiger partial charge in [0.15, 0.2) is 0 Å². The summed E-state index contributed by atoms with van der Waals surface area (Å²) in [5, 5.41) is 13.7. The number of anilines is 1. The number of aryl methyl sites for hydroxylation is 1. The third kappa shape index (κ3) is 5.78. The molecule has 3 aromatic rings. The van der Waals surface area contributed by atoms with Crippen LogP contribution in [0.2, 0.25) is 0 Å². The summed E-state index contributed by atoms with van der Waals surface area (Å²) in [5.41, 5.74) is 3.89. The highest BCUT2D eigenvalue weighted by Gasteiger charge is 2.11. The van der Waals surface area contributed by atoms with Gasteiger partial charge in [-0.05, 0) is 74.7 Å². The van der Waals surface area contributed by atoms with E-state index in [0.717, 1.165) is 23.1 Å². The summed E-state index contributed by atoms with van der Waals surface area (Å²) < 4.78 is 19.3. The van der Waals surface area contributed by atoms with Crippen molar-refractivity contribution in [2.45, 2.75) is 33.3 Å². The van der Waals surface area contributed by atoms with Crippen molar-refractivity contribution < 1.29 is 14.2 Å². The Balaban J connectivity index is 1.93. The molecule has 0 aliphatic rings. The summed E-state index contributed by atoms with van der Waals surface area (Å²) in [6, 6.07) is 15.6. The van der Waals surface area contributed by atoms with Gasteiger partial charge in [0.1, 0.15) is 17.4 Å². The Morgan fingerprint density at radius 3 is 2.66 bits per heavy atom. The molecule has 1 aromatic heterocycles. The van der Waals surface area contributed by atoms with Gasteiger partial charge in [0, 0.05) is 18.7 Å². The molecule has 3 rings (SSSR count). The molecule has 152 valence electrons. The second-order valence-corrected chi connectivity index (χ2v) is 7.36. The second-order valence-electron chi connectivity index (χ2n) is 7.36. The quantitative estimate of drug-likeness (QED) is 0.475. The lowest BCUT2D eigenvalue weighted by Gasteiger charge is -2.13. The number of rotatable bonds is 8. The number of aromatic nitrogens is 1. The summed E-state index contributed by atoms with van der Waals surface area (Å²) in [6.45, 7) is 7.36. The molecule has 0 unspecified atom stereocenters. The van der Waals surface area contributed by atoms with Crippen molar-refractivity contribution in [3.8, 4) is 28.1 Å². The van der Waals surface area contributed by atoms with E-state index in [-0.39, 0.29) is 17.7 Å². The summed E-state index contributed by atoms with van der Waals surface area (Å²) in [5.74, 6) is 0.544. The summed E-state index contributed by atoms with van der Waals surface area (Å²) >= 11 is 0. The van der Waals surface area contributed by atoms with Crippen molar-refractivity contribution in [2.75, 3.05) is 18.5 Å². The van der Waals surface area contributed by atoms with Crippen LogP contribution in [0.15, 0.2) is 54.6 Å². The molecule has 2 aromatic carbocycles. The fraction of sp³-hybridized carbons (Fsp3) is 0.292. The lowest BCUT2D eigenvalue weighted by molar-refractivity contribution is 0.0787. The fourth-order valence-electron chi connectivity index (χ4n) is 3.06. The first-order valence-electron chi connectivity index (χ1n) is 9.86. The Bertz CT molecular complexity index is 973. The van der Waals surface area contributed by atoms with Crippen LogP contribution in [0.25, 0.3) is 22.4 Å². The van der Waals surface area contributed by atoms with Gasteiger partial charge in [-0.25, -0.2) is 9.37 Å². The lowest BCUT2D eigenvalue weighted by atomic mass is 10.0. The van der Waals surface area contributed by atoms with Crippen LogP contribution < -0.4 is 5.32 Å². The molecular formula is C24H27FN2O2. The number of pyridine rings is 1. The molecule has 5 heteroatoms. The SMILES string of the molecule is Cc1ccc(O)c(-c2cc(-c3cccc(F)c3)cc(NCCCOC(C)C)n2)c1. The first kappa shape index (κ1) is 20.8. The zero-order chi connectivity index (χ0) is 20.8. The van der Waals surface area contributed by atoms with E-state index in [1.807, 2.05) is 51.1 Å². The predicted octanol–water partition coefficient (Wildman–Crippen LogP) is 5.80. The van der Waals surface area contributed by atoms with Gasteiger partial charge in [-0.1, -0.05) is 23.8 Å². The second kappa shape index (κ2) is 9.52. The molecule has 0 radical (unpaired) electrons. The molecule has 2 N–H and O–H groups in total. The summed E-state index contributed by atoms with van der Waals surface area (Å²) in [6.07, 6.45) is 1.05. The van der Waals surface area contributed by atoms with E-state index in [2.05, 4.69) is 10.3 Å². The number of benzene rings is 2. The van der Waals surface area contributed by atoms with Crippen molar-refractivity contribution in [1.82, 2.24) is 4.98 Å². The number of aromatic hydroxyl groups is 1. The molecule has 0 saturated heterocycles. The molecule has 4 nitrogen and oxygen atoms in total. The smallest absolute Gasteiger partial charge is 0.127 e. The maximum Gasteiger partial charge on any atom is 0.127 e. The molecule has 0 aliphatic carbocycles. The van der Waals surface area contributed by atoms with Crippen LogP contribution in [0.1, 0.15) is 25.8 Å². The minimum atomic E-state index is -0.292. The average molecular weight is 394 g/mol. The third-order valence-corrected chi connectivity index (χ3v) is 4.49. The maximum absolute atomic E-state index is 13.8. The van der Waals surface area contributed by atoms with Gasteiger partial charge in [0.05, 0.1) is 11.8 Å². The summed E-state index contributed by atoms with van der Waals surface area (Å²) in [7, 11) is 0. The number of halogens is 1. The van der Waals surface area contributed by atoms with Gasteiger partial charge in [-0.2, -0.15) is 0 Å². The Kier molecular flexibility index (Phi) is 6.83. The predicted molar refractivity (Wildman–Crippen MR) is 116 cm³/mol. The number of hydrogen-bond donors (Lipinski definition) is 2. The van der Waals surface area contributed by atoms with E-state index in [9.17, 15) is 9.50 Å². The largest absolute Gasteiger partial charge is 0.507 e. The van der Waals surface area contributed by atoms with Crippen molar-refractivity contribution in [2.24, 2.45) is 0 Å². The molecular weight excluding hydrogens is 367 g/mol. The van der Waals surface area contributed by atoms with E-state index >= 15 is 0 Å². The zero-order valence-electron chi connectivity index (χ0n) is 17.1. The van der Waals surface area contributed by atoms with Crippen molar-refractivity contribution in [3.63, 3.8) is 0 Å². The van der Waals surface area contributed by atoms with Crippen LogP contribution in [0.3, 0.4) is 0 Å². The van der Waals surface area contributed by atoms with Crippen molar-refractivity contribution >= 4 is 5.82 Å². The van der Waals surface area contributed by atoms with E-state index in [0.29, 0.717) is 30.2 Å². The average Bonchev–Trinajstić information content (AvgIpc) is 2.69. The molecule has 29 heavy (non-hydrogen) atoms. The van der Waals surface area contributed by atoms with Gasteiger partial charge in [-0.3, -0.25) is 0 Å². The van der Waals surface area contributed by atoms with E-state index < -0.39 is 0 Å². The maximum atomic E-state index is 13.8. The van der Waals surface area contributed by atoms with Crippen LogP contribution in [-0.2, 0) is 4.74 Å². The number of nitrogens with zero attached hydrogens (tertiary/aromatic N) is 1. The van der Waals surface area contributed by atoms with Crippen molar-refractivity contribution in [3.05, 3.63) is 66.0 Å². The van der Waals surface area contributed by atoms with E-state index in [4.69, 9.17) is 4.74 Å². The standard InChI is InChI=1S/C24H27FN2O2/c1-16(2)29-11-5-10-26-24-15-19(18-6-4-7-20(25)13-18)14-22(27-24)21-12-17(3)8-9-23(21)28/h4,6-9,12-16,28H,5,10-11H2,1-3H3,(H,26,27). The van der Waals surface area contributed by atoms with Crippen molar-refractivity contribution in [1.29, 1.82) is 0 Å². The fourth-order valence-corrected chi connectivity index (χ4v) is 3.06.